The summed E-state index contributed by atoms with van der Waals surface area (Å²) in [4.78, 5) is 13.6. The first-order valence-electron chi connectivity index (χ1n) is 8.25. The Morgan fingerprint density at radius 3 is 2.60 bits per heavy atom. The van der Waals surface area contributed by atoms with Crippen LogP contribution in [0.2, 0.25) is 5.28 Å². The van der Waals surface area contributed by atoms with Gasteiger partial charge in [0.05, 0.1) is 18.6 Å². The predicted molar refractivity (Wildman–Crippen MR) is 108 cm³/mol. The predicted octanol–water partition coefficient (Wildman–Crippen LogP) is 5.17. The summed E-state index contributed by atoms with van der Waals surface area (Å²) in [5, 5.41) is 1.41. The van der Waals surface area contributed by atoms with Gasteiger partial charge in [-0.15, -0.1) is 11.3 Å². The Morgan fingerprint density at radius 2 is 1.92 bits per heavy atom. The van der Waals surface area contributed by atoms with Crippen molar-refractivity contribution in [2.24, 2.45) is 0 Å². The van der Waals surface area contributed by atoms with Gasteiger partial charge in [0.1, 0.15) is 10.6 Å². The molecule has 0 bridgehead atoms. The van der Waals surface area contributed by atoms with Crippen LogP contribution in [0.15, 0.2) is 28.7 Å². The maximum Gasteiger partial charge on any atom is 0.225 e. The van der Waals surface area contributed by atoms with Crippen LogP contribution in [0.1, 0.15) is 11.8 Å². The molecule has 1 aliphatic heterocycles. The number of fused-ring (bicyclic) bond motifs is 1. The molecule has 1 aromatic carbocycles. The normalized spacial score (nSPS) is 15.1. The summed E-state index contributed by atoms with van der Waals surface area (Å²) in [6, 6.07) is 8.43. The summed E-state index contributed by atoms with van der Waals surface area (Å²) in [6.07, 6.45) is 0.951. The van der Waals surface area contributed by atoms with Crippen molar-refractivity contribution in [3.63, 3.8) is 0 Å². The second-order valence-electron chi connectivity index (χ2n) is 5.86. The van der Waals surface area contributed by atoms with E-state index in [0.717, 1.165) is 40.0 Å². The lowest BCUT2D eigenvalue weighted by Gasteiger charge is -2.28. The van der Waals surface area contributed by atoms with Crippen LogP contribution in [0, 0.1) is 0 Å². The molecule has 1 saturated heterocycles. The first-order valence-corrected chi connectivity index (χ1v) is 10.2. The molecule has 3 aromatic rings. The highest BCUT2D eigenvalue weighted by Gasteiger charge is 2.23. The van der Waals surface area contributed by atoms with Gasteiger partial charge in [-0.25, -0.2) is 4.98 Å². The maximum absolute atomic E-state index is 6.23. The van der Waals surface area contributed by atoms with E-state index in [0.29, 0.717) is 18.5 Å². The lowest BCUT2D eigenvalue weighted by atomic mass is 10.0. The third kappa shape index (κ3) is 3.28. The molecule has 0 radical (unpaired) electrons. The number of hydrogen-bond acceptors (Lipinski definition) is 5. The number of ether oxygens (including phenoxy) is 1. The van der Waals surface area contributed by atoms with E-state index >= 15 is 0 Å². The van der Waals surface area contributed by atoms with Crippen LogP contribution in [-0.4, -0.2) is 36.3 Å². The van der Waals surface area contributed by atoms with E-state index in [1.165, 1.54) is 16.0 Å². The molecule has 25 heavy (non-hydrogen) atoms. The molecule has 1 fully saturated rings. The third-order valence-electron chi connectivity index (χ3n) is 4.34. The molecule has 0 amide bonds. The molecule has 0 atom stereocenters. The summed E-state index contributed by atoms with van der Waals surface area (Å²) >= 11 is 11.5. The van der Waals surface area contributed by atoms with Gasteiger partial charge in [0.15, 0.2) is 0 Å². The Morgan fingerprint density at radius 1 is 1.20 bits per heavy atom. The molecule has 2 aromatic heterocycles. The molecule has 4 nitrogen and oxygen atoms in total. The summed E-state index contributed by atoms with van der Waals surface area (Å²) in [7, 11) is 0. The average molecular weight is 439 g/mol. The number of aromatic nitrogens is 2. The molecular weight excluding hydrogens is 422 g/mol. The Hall–Kier alpha value is -1.21. The molecule has 0 spiro atoms. The number of halogens is 2. The lowest BCUT2D eigenvalue weighted by Crippen LogP contribution is -2.37. The van der Waals surface area contributed by atoms with E-state index in [4.69, 9.17) is 16.3 Å². The van der Waals surface area contributed by atoms with Crippen LogP contribution in [0.3, 0.4) is 0 Å². The SMILES string of the molecule is CCc1sc2nc(Cl)nc(N3CCOCC3)c2c1-c1ccc(Br)cc1. The van der Waals surface area contributed by atoms with Gasteiger partial charge in [0.2, 0.25) is 5.28 Å². The van der Waals surface area contributed by atoms with Crippen LogP contribution in [0.25, 0.3) is 21.3 Å². The number of benzene rings is 1. The summed E-state index contributed by atoms with van der Waals surface area (Å²) in [5.41, 5.74) is 2.42. The molecular formula is C18H17BrClN3OS. The molecule has 4 rings (SSSR count). The van der Waals surface area contributed by atoms with Crippen molar-refractivity contribution >= 4 is 54.9 Å². The molecule has 0 aliphatic carbocycles. The standard InChI is InChI=1S/C18H17BrClN3OS/c1-2-13-14(11-3-5-12(19)6-4-11)15-16(23-7-9-24-10-8-23)21-18(20)22-17(15)25-13/h3-6H,2,7-10H2,1H3. The van der Waals surface area contributed by atoms with Gasteiger partial charge in [0, 0.05) is 28.0 Å². The molecule has 0 unspecified atom stereocenters. The maximum atomic E-state index is 6.23. The van der Waals surface area contributed by atoms with Crippen LogP contribution in [-0.2, 0) is 11.2 Å². The van der Waals surface area contributed by atoms with E-state index in [2.05, 4.69) is 62.0 Å². The summed E-state index contributed by atoms with van der Waals surface area (Å²) in [6.45, 7) is 5.23. The molecule has 0 saturated carbocycles. The monoisotopic (exact) mass is 437 g/mol. The zero-order valence-electron chi connectivity index (χ0n) is 13.8. The third-order valence-corrected chi connectivity index (χ3v) is 6.27. The van der Waals surface area contributed by atoms with Crippen molar-refractivity contribution in [2.75, 3.05) is 31.2 Å². The first kappa shape index (κ1) is 17.2. The molecule has 7 heteroatoms. The number of nitrogens with zero attached hydrogens (tertiary/aromatic N) is 3. The fourth-order valence-corrected chi connectivity index (χ4v) is 4.78. The van der Waals surface area contributed by atoms with Crippen LogP contribution >= 0.6 is 38.9 Å². The lowest BCUT2D eigenvalue weighted by molar-refractivity contribution is 0.122. The number of anilines is 1. The van der Waals surface area contributed by atoms with Crippen LogP contribution < -0.4 is 4.90 Å². The number of thiophene rings is 1. The van der Waals surface area contributed by atoms with Crippen molar-refractivity contribution in [2.45, 2.75) is 13.3 Å². The minimum absolute atomic E-state index is 0.306. The van der Waals surface area contributed by atoms with Crippen LogP contribution in [0.4, 0.5) is 5.82 Å². The zero-order valence-corrected chi connectivity index (χ0v) is 16.9. The highest BCUT2D eigenvalue weighted by Crippen LogP contribution is 2.43. The largest absolute Gasteiger partial charge is 0.378 e. The Bertz CT molecular complexity index is 907. The van der Waals surface area contributed by atoms with E-state index in [1.54, 1.807) is 11.3 Å². The minimum atomic E-state index is 0.306. The second-order valence-corrected chi connectivity index (χ2v) is 8.19. The highest BCUT2D eigenvalue weighted by atomic mass is 79.9. The highest BCUT2D eigenvalue weighted by molar-refractivity contribution is 9.10. The smallest absolute Gasteiger partial charge is 0.225 e. The van der Waals surface area contributed by atoms with E-state index < -0.39 is 0 Å². The number of morpholine rings is 1. The summed E-state index contributed by atoms with van der Waals surface area (Å²) in [5.74, 6) is 0.923. The van der Waals surface area contributed by atoms with Crippen LogP contribution in [0.5, 0.6) is 0 Å². The summed E-state index contributed by atoms with van der Waals surface area (Å²) < 4.78 is 6.57. The number of rotatable bonds is 3. The van der Waals surface area contributed by atoms with Gasteiger partial charge >= 0.3 is 0 Å². The van der Waals surface area contributed by atoms with Crippen molar-refractivity contribution < 1.29 is 4.74 Å². The Kier molecular flexibility index (Phi) is 4.95. The van der Waals surface area contributed by atoms with Crippen molar-refractivity contribution in [1.82, 2.24) is 9.97 Å². The average Bonchev–Trinajstić information content (AvgIpc) is 3.00. The van der Waals surface area contributed by atoms with Crippen molar-refractivity contribution in [3.8, 4) is 11.1 Å². The fourth-order valence-electron chi connectivity index (χ4n) is 3.18. The van der Waals surface area contributed by atoms with E-state index in [-0.39, 0.29) is 0 Å². The Balaban J connectivity index is 1.98. The topological polar surface area (TPSA) is 38.2 Å². The minimum Gasteiger partial charge on any atom is -0.378 e. The van der Waals surface area contributed by atoms with Crippen molar-refractivity contribution in [1.29, 1.82) is 0 Å². The zero-order chi connectivity index (χ0) is 17.4. The fraction of sp³-hybridized carbons (Fsp3) is 0.333. The van der Waals surface area contributed by atoms with Gasteiger partial charge in [-0.1, -0.05) is 35.0 Å². The molecule has 3 heterocycles. The van der Waals surface area contributed by atoms with Gasteiger partial charge in [-0.3, -0.25) is 0 Å². The molecule has 0 N–H and O–H groups in total. The number of hydrogen-bond donors (Lipinski definition) is 0. The van der Waals surface area contributed by atoms with Gasteiger partial charge < -0.3 is 9.64 Å². The quantitative estimate of drug-likeness (QED) is 0.529. The number of aryl methyl sites for hydroxylation is 1. The molecule has 130 valence electrons. The second kappa shape index (κ2) is 7.19. The van der Waals surface area contributed by atoms with Gasteiger partial charge in [-0.2, -0.15) is 4.98 Å². The van der Waals surface area contributed by atoms with Gasteiger partial charge in [0.25, 0.3) is 0 Å². The first-order chi connectivity index (χ1) is 12.2. The van der Waals surface area contributed by atoms with Gasteiger partial charge in [-0.05, 0) is 35.7 Å². The van der Waals surface area contributed by atoms with E-state index in [1.807, 2.05) is 0 Å². The molecule has 1 aliphatic rings. The Labute approximate surface area is 163 Å². The van der Waals surface area contributed by atoms with E-state index in [9.17, 15) is 0 Å². The van der Waals surface area contributed by atoms with Crippen molar-refractivity contribution in [3.05, 3.63) is 38.9 Å².